The standard InChI is InChI=1S/C18H23BrN2O3S/c1-5-7-21-10(3)15(11(4)22)16(20-18(21)25)12-8-13(19)17(23)14(9-12)24-6-2/h8-9,16,23H,5-7H2,1-4H3,(H,20,25). The minimum Gasteiger partial charge on any atom is -0.503 e. The molecule has 0 fully saturated rings. The molecule has 2 rings (SSSR count). The van der Waals surface area contributed by atoms with E-state index in [1.165, 1.54) is 0 Å². The van der Waals surface area contributed by atoms with Gasteiger partial charge in [-0.05, 0) is 73.0 Å². The number of hydrogen-bond donors (Lipinski definition) is 2. The lowest BCUT2D eigenvalue weighted by Crippen LogP contribution is -2.47. The summed E-state index contributed by atoms with van der Waals surface area (Å²) < 4.78 is 6.02. The van der Waals surface area contributed by atoms with E-state index in [-0.39, 0.29) is 17.6 Å². The summed E-state index contributed by atoms with van der Waals surface area (Å²) in [6.07, 6.45) is 0.925. The largest absolute Gasteiger partial charge is 0.503 e. The van der Waals surface area contributed by atoms with Crippen LogP contribution in [0.1, 0.15) is 45.7 Å². The Morgan fingerprint density at radius 2 is 2.12 bits per heavy atom. The SMILES string of the molecule is CCCN1C(=S)NC(c2cc(Br)c(O)c(OCC)c2)C(C(C)=O)=C1C. The number of carbonyl (C=O) groups is 1. The molecule has 7 heteroatoms. The van der Waals surface area contributed by atoms with Gasteiger partial charge in [0.2, 0.25) is 0 Å². The summed E-state index contributed by atoms with van der Waals surface area (Å²) >= 11 is 8.86. The van der Waals surface area contributed by atoms with Crippen LogP contribution in [-0.2, 0) is 4.79 Å². The number of nitrogens with one attached hydrogen (secondary N) is 1. The number of aromatic hydroxyl groups is 1. The lowest BCUT2D eigenvalue weighted by Gasteiger charge is -2.37. The lowest BCUT2D eigenvalue weighted by molar-refractivity contribution is -0.114. The van der Waals surface area contributed by atoms with Gasteiger partial charge >= 0.3 is 0 Å². The molecule has 1 heterocycles. The van der Waals surface area contributed by atoms with Crippen LogP contribution in [0.25, 0.3) is 0 Å². The number of halogens is 1. The second-order valence-corrected chi connectivity index (χ2v) is 7.11. The van der Waals surface area contributed by atoms with E-state index in [1.54, 1.807) is 19.1 Å². The molecular formula is C18H23BrN2O3S. The molecule has 0 saturated heterocycles. The quantitative estimate of drug-likeness (QED) is 0.668. The minimum absolute atomic E-state index is 0.0132. The van der Waals surface area contributed by atoms with Crippen molar-refractivity contribution in [2.45, 2.75) is 40.2 Å². The van der Waals surface area contributed by atoms with Gasteiger partial charge in [-0.2, -0.15) is 0 Å². The van der Waals surface area contributed by atoms with Crippen molar-refractivity contribution in [1.82, 2.24) is 10.2 Å². The molecule has 0 aliphatic carbocycles. The van der Waals surface area contributed by atoms with E-state index in [2.05, 4.69) is 28.2 Å². The van der Waals surface area contributed by atoms with Crippen molar-refractivity contribution in [3.8, 4) is 11.5 Å². The number of thiocarbonyl (C=S) groups is 1. The third-order valence-corrected chi connectivity index (χ3v) is 5.05. The van der Waals surface area contributed by atoms with Crippen molar-refractivity contribution in [2.75, 3.05) is 13.2 Å². The number of rotatable bonds is 6. The fraction of sp³-hybridized carbons (Fsp3) is 0.444. The molecule has 1 unspecified atom stereocenters. The van der Waals surface area contributed by atoms with Crippen LogP contribution in [-0.4, -0.2) is 34.1 Å². The predicted octanol–water partition coefficient (Wildman–Crippen LogP) is 4.06. The molecule has 25 heavy (non-hydrogen) atoms. The summed E-state index contributed by atoms with van der Waals surface area (Å²) in [7, 11) is 0. The number of nitrogens with zero attached hydrogens (tertiary/aromatic N) is 1. The maximum absolute atomic E-state index is 12.4. The third-order valence-electron chi connectivity index (χ3n) is 4.11. The van der Waals surface area contributed by atoms with Crippen LogP contribution in [0.5, 0.6) is 11.5 Å². The van der Waals surface area contributed by atoms with Crippen LogP contribution in [0.4, 0.5) is 0 Å². The Bertz CT molecular complexity index is 733. The molecule has 136 valence electrons. The minimum atomic E-state index is -0.380. The van der Waals surface area contributed by atoms with Gasteiger partial charge in [0.05, 0.1) is 17.1 Å². The number of phenols is 1. The Balaban J connectivity index is 2.57. The van der Waals surface area contributed by atoms with E-state index in [4.69, 9.17) is 17.0 Å². The van der Waals surface area contributed by atoms with Crippen molar-refractivity contribution < 1.29 is 14.6 Å². The van der Waals surface area contributed by atoms with Gasteiger partial charge in [0.1, 0.15) is 0 Å². The molecule has 2 N–H and O–H groups in total. The Labute approximate surface area is 162 Å². The Morgan fingerprint density at radius 1 is 1.44 bits per heavy atom. The summed E-state index contributed by atoms with van der Waals surface area (Å²) in [5, 5.41) is 14.0. The molecule has 0 saturated carbocycles. The first-order valence-electron chi connectivity index (χ1n) is 8.26. The van der Waals surface area contributed by atoms with E-state index < -0.39 is 0 Å². The molecule has 5 nitrogen and oxygen atoms in total. The number of ether oxygens (including phenoxy) is 1. The van der Waals surface area contributed by atoms with Gasteiger partial charge in [0.15, 0.2) is 22.4 Å². The lowest BCUT2D eigenvalue weighted by atomic mass is 9.92. The Kier molecular flexibility index (Phi) is 6.46. The third kappa shape index (κ3) is 3.98. The summed E-state index contributed by atoms with van der Waals surface area (Å²) in [6.45, 7) is 8.59. The Hall–Kier alpha value is -1.60. The monoisotopic (exact) mass is 426 g/mol. The van der Waals surface area contributed by atoms with E-state index >= 15 is 0 Å². The Morgan fingerprint density at radius 3 is 2.68 bits per heavy atom. The number of carbonyl (C=O) groups excluding carboxylic acids is 1. The van der Waals surface area contributed by atoms with Gasteiger partial charge in [-0.1, -0.05) is 6.92 Å². The highest BCUT2D eigenvalue weighted by molar-refractivity contribution is 9.10. The highest BCUT2D eigenvalue weighted by atomic mass is 79.9. The van der Waals surface area contributed by atoms with Crippen LogP contribution < -0.4 is 10.1 Å². The van der Waals surface area contributed by atoms with Gasteiger partial charge < -0.3 is 20.1 Å². The number of phenolic OH excluding ortho intramolecular Hbond substituents is 1. The van der Waals surface area contributed by atoms with Crippen molar-refractivity contribution in [2.24, 2.45) is 0 Å². The first kappa shape index (κ1) is 19.7. The van der Waals surface area contributed by atoms with Gasteiger partial charge in [0.25, 0.3) is 0 Å². The fourth-order valence-corrected chi connectivity index (χ4v) is 3.81. The zero-order valence-corrected chi connectivity index (χ0v) is 17.3. The van der Waals surface area contributed by atoms with Gasteiger partial charge in [-0.25, -0.2) is 0 Å². The van der Waals surface area contributed by atoms with Crippen LogP contribution in [0.2, 0.25) is 0 Å². The fourth-order valence-electron chi connectivity index (χ4n) is 3.01. The molecule has 0 spiro atoms. The smallest absolute Gasteiger partial charge is 0.173 e. The van der Waals surface area contributed by atoms with Crippen molar-refractivity contribution in [3.63, 3.8) is 0 Å². The molecule has 0 radical (unpaired) electrons. The predicted molar refractivity (Wildman–Crippen MR) is 106 cm³/mol. The number of Topliss-reactive ketones (excluding diaryl/α,β-unsaturated/α-hetero) is 1. The van der Waals surface area contributed by atoms with Crippen LogP contribution in [0.15, 0.2) is 27.9 Å². The summed E-state index contributed by atoms with van der Waals surface area (Å²) in [4.78, 5) is 14.3. The number of benzene rings is 1. The van der Waals surface area contributed by atoms with Crippen molar-refractivity contribution in [1.29, 1.82) is 0 Å². The highest BCUT2D eigenvalue weighted by Crippen LogP contribution is 2.40. The topological polar surface area (TPSA) is 61.8 Å². The second-order valence-electron chi connectivity index (χ2n) is 5.87. The summed E-state index contributed by atoms with van der Waals surface area (Å²) in [5.74, 6) is 0.401. The molecule has 0 bridgehead atoms. The van der Waals surface area contributed by atoms with E-state index in [0.29, 0.717) is 27.5 Å². The van der Waals surface area contributed by atoms with Crippen molar-refractivity contribution in [3.05, 3.63) is 33.4 Å². The summed E-state index contributed by atoms with van der Waals surface area (Å²) in [6, 6.07) is 3.15. The molecule has 1 aromatic carbocycles. The molecule has 0 amide bonds. The normalized spacial score (nSPS) is 17.6. The van der Waals surface area contributed by atoms with E-state index in [1.807, 2.05) is 18.7 Å². The van der Waals surface area contributed by atoms with E-state index in [9.17, 15) is 9.90 Å². The molecular weight excluding hydrogens is 404 g/mol. The van der Waals surface area contributed by atoms with Crippen LogP contribution >= 0.6 is 28.1 Å². The average Bonchev–Trinajstić information content (AvgIpc) is 2.54. The van der Waals surface area contributed by atoms with Crippen LogP contribution in [0.3, 0.4) is 0 Å². The first-order valence-corrected chi connectivity index (χ1v) is 9.46. The van der Waals surface area contributed by atoms with Gasteiger partial charge in [-0.3, -0.25) is 4.79 Å². The highest BCUT2D eigenvalue weighted by Gasteiger charge is 2.32. The number of ketones is 1. The van der Waals surface area contributed by atoms with Crippen molar-refractivity contribution >= 4 is 39.0 Å². The van der Waals surface area contributed by atoms with Gasteiger partial charge in [0, 0.05) is 17.8 Å². The molecule has 0 aromatic heterocycles. The summed E-state index contributed by atoms with van der Waals surface area (Å²) in [5.41, 5.74) is 2.34. The maximum atomic E-state index is 12.4. The molecule has 1 aliphatic rings. The zero-order valence-electron chi connectivity index (χ0n) is 14.9. The van der Waals surface area contributed by atoms with Gasteiger partial charge in [-0.15, -0.1) is 0 Å². The van der Waals surface area contributed by atoms with E-state index in [0.717, 1.165) is 24.2 Å². The average molecular weight is 427 g/mol. The maximum Gasteiger partial charge on any atom is 0.173 e. The zero-order chi connectivity index (χ0) is 18.7. The second kappa shape index (κ2) is 8.19. The van der Waals surface area contributed by atoms with Crippen LogP contribution in [0, 0.1) is 0 Å². The number of hydrogen-bond acceptors (Lipinski definition) is 4. The molecule has 1 aromatic rings. The first-order chi connectivity index (χ1) is 11.8. The number of allylic oxidation sites excluding steroid dienone is 1. The molecule has 1 aliphatic heterocycles. The molecule has 1 atom stereocenters.